The van der Waals surface area contributed by atoms with E-state index in [1.165, 1.54) is 12.1 Å². The fourth-order valence-electron chi connectivity index (χ4n) is 2.33. The number of nitrogens with zero attached hydrogens (tertiary/aromatic N) is 1. The van der Waals surface area contributed by atoms with E-state index in [1.807, 2.05) is 42.2 Å². The third-order valence-electron chi connectivity index (χ3n) is 3.61. The summed E-state index contributed by atoms with van der Waals surface area (Å²) in [5, 5.41) is 2.76. The topological polar surface area (TPSA) is 66.5 Å². The molecule has 5 nitrogen and oxygen atoms in total. The van der Waals surface area contributed by atoms with Crippen LogP contribution in [0.2, 0.25) is 0 Å². The molecule has 0 aliphatic carbocycles. The summed E-state index contributed by atoms with van der Waals surface area (Å²) >= 11 is 0. The predicted molar refractivity (Wildman–Crippen MR) is 95.6 cm³/mol. The number of hydrogen-bond donors (Lipinski definition) is 1. The molecule has 0 saturated heterocycles. The summed E-state index contributed by atoms with van der Waals surface area (Å²) in [4.78, 5) is 14.4. The van der Waals surface area contributed by atoms with Gasteiger partial charge in [0.1, 0.15) is 0 Å². The lowest BCUT2D eigenvalue weighted by molar-refractivity contribution is -0.117. The van der Waals surface area contributed by atoms with Crippen LogP contribution in [0.1, 0.15) is 12.5 Å². The van der Waals surface area contributed by atoms with Crippen molar-refractivity contribution in [2.75, 3.05) is 24.7 Å². The van der Waals surface area contributed by atoms with Crippen molar-refractivity contribution >= 4 is 21.4 Å². The van der Waals surface area contributed by atoms with E-state index >= 15 is 0 Å². The number of sulfone groups is 1. The van der Waals surface area contributed by atoms with Gasteiger partial charge >= 0.3 is 0 Å². The van der Waals surface area contributed by atoms with Gasteiger partial charge in [-0.2, -0.15) is 0 Å². The predicted octanol–water partition coefficient (Wildman–Crippen LogP) is 2.55. The lowest BCUT2D eigenvalue weighted by Crippen LogP contribution is -2.32. The second-order valence-corrected chi connectivity index (χ2v) is 7.65. The van der Waals surface area contributed by atoms with Crippen LogP contribution in [0.15, 0.2) is 59.5 Å². The minimum atomic E-state index is -3.29. The molecule has 128 valence electrons. The van der Waals surface area contributed by atoms with E-state index in [1.54, 1.807) is 12.1 Å². The van der Waals surface area contributed by atoms with Gasteiger partial charge in [-0.3, -0.25) is 9.69 Å². The van der Waals surface area contributed by atoms with Crippen LogP contribution >= 0.6 is 0 Å². The molecule has 0 aliphatic heterocycles. The van der Waals surface area contributed by atoms with Crippen molar-refractivity contribution in [3.8, 4) is 0 Å². The van der Waals surface area contributed by atoms with Gasteiger partial charge in [-0.15, -0.1) is 0 Å². The number of likely N-dealkylation sites (N-methyl/N-ethyl adjacent to an activating group) is 1. The minimum absolute atomic E-state index is 0.168. The van der Waals surface area contributed by atoms with Crippen molar-refractivity contribution in [1.29, 1.82) is 0 Å². The zero-order valence-electron chi connectivity index (χ0n) is 13.9. The Morgan fingerprint density at radius 2 is 1.79 bits per heavy atom. The number of anilines is 1. The van der Waals surface area contributed by atoms with Crippen molar-refractivity contribution in [3.63, 3.8) is 0 Å². The summed E-state index contributed by atoms with van der Waals surface area (Å²) in [6.45, 7) is 3.68. The highest BCUT2D eigenvalue weighted by Crippen LogP contribution is 2.15. The molecule has 0 aromatic heterocycles. The molecule has 2 rings (SSSR count). The van der Waals surface area contributed by atoms with E-state index in [2.05, 4.69) is 5.32 Å². The zero-order valence-corrected chi connectivity index (χ0v) is 14.7. The first-order chi connectivity index (χ1) is 11.4. The fourth-order valence-corrected chi connectivity index (χ4v) is 3.00. The zero-order chi connectivity index (χ0) is 17.6. The van der Waals surface area contributed by atoms with Gasteiger partial charge in [0.05, 0.1) is 11.4 Å². The summed E-state index contributed by atoms with van der Waals surface area (Å²) in [6.07, 6.45) is 1.15. The number of hydrogen-bond acceptors (Lipinski definition) is 4. The SMILES string of the molecule is CCN(CC(=O)Nc1cccc(S(C)(=O)=O)c1)Cc1ccccc1. The van der Waals surface area contributed by atoms with Gasteiger partial charge in [0.25, 0.3) is 0 Å². The number of amides is 1. The third-order valence-corrected chi connectivity index (χ3v) is 4.72. The summed E-state index contributed by atoms with van der Waals surface area (Å²) in [5.74, 6) is -0.168. The molecule has 0 aliphatic rings. The maximum absolute atomic E-state index is 12.2. The summed E-state index contributed by atoms with van der Waals surface area (Å²) in [7, 11) is -3.29. The van der Waals surface area contributed by atoms with Gasteiger partial charge in [-0.05, 0) is 30.3 Å². The van der Waals surface area contributed by atoms with Crippen molar-refractivity contribution in [3.05, 3.63) is 60.2 Å². The molecule has 0 atom stereocenters. The van der Waals surface area contributed by atoms with Crippen LogP contribution in [-0.4, -0.2) is 38.6 Å². The van der Waals surface area contributed by atoms with Crippen LogP contribution in [-0.2, 0) is 21.2 Å². The van der Waals surface area contributed by atoms with Crippen LogP contribution in [0.4, 0.5) is 5.69 Å². The lowest BCUT2D eigenvalue weighted by atomic mass is 10.2. The molecule has 1 N–H and O–H groups in total. The maximum Gasteiger partial charge on any atom is 0.238 e. The molecule has 6 heteroatoms. The first-order valence-electron chi connectivity index (χ1n) is 7.74. The second-order valence-electron chi connectivity index (χ2n) is 5.64. The normalized spacial score (nSPS) is 11.5. The van der Waals surface area contributed by atoms with E-state index in [0.29, 0.717) is 12.2 Å². The van der Waals surface area contributed by atoms with Crippen LogP contribution in [0, 0.1) is 0 Å². The smallest absolute Gasteiger partial charge is 0.238 e. The average molecular weight is 346 g/mol. The third kappa shape index (κ3) is 5.47. The van der Waals surface area contributed by atoms with E-state index in [-0.39, 0.29) is 17.3 Å². The largest absolute Gasteiger partial charge is 0.325 e. The Kier molecular flexibility index (Phi) is 6.11. The molecule has 2 aromatic rings. The maximum atomic E-state index is 12.2. The van der Waals surface area contributed by atoms with Gasteiger partial charge in [-0.25, -0.2) is 8.42 Å². The van der Waals surface area contributed by atoms with Crippen molar-refractivity contribution in [2.45, 2.75) is 18.4 Å². The van der Waals surface area contributed by atoms with Gasteiger partial charge < -0.3 is 5.32 Å². The Morgan fingerprint density at radius 1 is 1.08 bits per heavy atom. The Bertz CT molecular complexity index is 789. The quantitative estimate of drug-likeness (QED) is 0.837. The van der Waals surface area contributed by atoms with Crippen LogP contribution in [0.5, 0.6) is 0 Å². The average Bonchev–Trinajstić information content (AvgIpc) is 2.54. The standard InChI is InChI=1S/C18H22N2O3S/c1-3-20(13-15-8-5-4-6-9-15)14-18(21)19-16-10-7-11-17(12-16)24(2,22)23/h4-12H,3,13-14H2,1-2H3,(H,19,21). The summed E-state index contributed by atoms with van der Waals surface area (Å²) < 4.78 is 23.2. The first kappa shape index (κ1) is 18.2. The molecule has 0 unspecified atom stereocenters. The second kappa shape index (κ2) is 8.08. The molecule has 0 fully saturated rings. The highest BCUT2D eigenvalue weighted by molar-refractivity contribution is 7.90. The van der Waals surface area contributed by atoms with Gasteiger partial charge in [0.2, 0.25) is 5.91 Å². The molecule has 0 bridgehead atoms. The Hall–Kier alpha value is -2.18. The molecule has 0 radical (unpaired) electrons. The number of rotatable bonds is 7. The van der Waals surface area contributed by atoms with Gasteiger partial charge in [0, 0.05) is 18.5 Å². The fraction of sp³-hybridized carbons (Fsp3) is 0.278. The van der Waals surface area contributed by atoms with E-state index < -0.39 is 9.84 Å². The Morgan fingerprint density at radius 3 is 2.42 bits per heavy atom. The number of nitrogens with one attached hydrogen (secondary N) is 1. The molecule has 2 aromatic carbocycles. The Labute approximate surface area is 143 Å². The van der Waals surface area contributed by atoms with Crippen molar-refractivity contribution in [1.82, 2.24) is 4.90 Å². The van der Waals surface area contributed by atoms with Crippen LogP contribution in [0.3, 0.4) is 0 Å². The van der Waals surface area contributed by atoms with E-state index in [9.17, 15) is 13.2 Å². The van der Waals surface area contributed by atoms with Crippen molar-refractivity contribution in [2.24, 2.45) is 0 Å². The van der Waals surface area contributed by atoms with Gasteiger partial charge in [-0.1, -0.05) is 43.3 Å². The van der Waals surface area contributed by atoms with E-state index in [0.717, 1.165) is 18.4 Å². The van der Waals surface area contributed by atoms with Crippen molar-refractivity contribution < 1.29 is 13.2 Å². The molecular formula is C18H22N2O3S. The minimum Gasteiger partial charge on any atom is -0.325 e. The lowest BCUT2D eigenvalue weighted by Gasteiger charge is -2.20. The number of carbonyl (C=O) groups is 1. The summed E-state index contributed by atoms with van der Waals surface area (Å²) in [6, 6.07) is 16.2. The number of benzene rings is 2. The van der Waals surface area contributed by atoms with E-state index in [4.69, 9.17) is 0 Å². The molecular weight excluding hydrogens is 324 g/mol. The number of carbonyl (C=O) groups excluding carboxylic acids is 1. The molecule has 1 amide bonds. The molecule has 0 saturated carbocycles. The monoisotopic (exact) mass is 346 g/mol. The molecule has 0 spiro atoms. The molecule has 24 heavy (non-hydrogen) atoms. The van der Waals surface area contributed by atoms with Crippen LogP contribution < -0.4 is 5.32 Å². The first-order valence-corrected chi connectivity index (χ1v) is 9.64. The highest BCUT2D eigenvalue weighted by Gasteiger charge is 2.12. The summed E-state index contributed by atoms with van der Waals surface area (Å²) in [5.41, 5.74) is 1.63. The Balaban J connectivity index is 1.99. The van der Waals surface area contributed by atoms with Crippen LogP contribution in [0.25, 0.3) is 0 Å². The van der Waals surface area contributed by atoms with Gasteiger partial charge in [0.15, 0.2) is 9.84 Å². The highest BCUT2D eigenvalue weighted by atomic mass is 32.2. The molecule has 0 heterocycles.